The van der Waals surface area contributed by atoms with Crippen LogP contribution in [0.4, 0.5) is 17.6 Å². The van der Waals surface area contributed by atoms with Crippen molar-refractivity contribution in [2.75, 3.05) is 6.67 Å². The lowest BCUT2D eigenvalue weighted by Gasteiger charge is -2.27. The molecular weight excluding hydrogens is 308 g/mol. The summed E-state index contributed by atoms with van der Waals surface area (Å²) in [5.74, 6) is -0.401. The molecule has 23 heavy (non-hydrogen) atoms. The Kier molecular flexibility index (Phi) is 6.93. The van der Waals surface area contributed by atoms with Crippen molar-refractivity contribution < 1.29 is 22.3 Å². The molecule has 0 unspecified atom stereocenters. The van der Waals surface area contributed by atoms with Gasteiger partial charge < -0.3 is 4.74 Å². The first-order valence-corrected chi connectivity index (χ1v) is 8.07. The summed E-state index contributed by atoms with van der Waals surface area (Å²) >= 11 is 0. The Morgan fingerprint density at radius 1 is 1.17 bits per heavy atom. The molecule has 0 aromatic heterocycles. The van der Waals surface area contributed by atoms with Gasteiger partial charge in [0.15, 0.2) is 11.6 Å². The number of ether oxygens (including phenoxy) is 1. The first-order chi connectivity index (χ1) is 11.1. The Balaban J connectivity index is 1.87. The van der Waals surface area contributed by atoms with E-state index in [2.05, 4.69) is 10.8 Å². The maximum atomic E-state index is 13.8. The molecule has 1 aliphatic carbocycles. The average molecular weight is 330 g/mol. The SMILES string of the molecule is FCCCC=CC1CCC(c2ccc(OC(F)F)c(F)c2)CC1. The Morgan fingerprint density at radius 3 is 2.52 bits per heavy atom. The molecule has 0 heterocycles. The molecule has 0 spiro atoms. The van der Waals surface area contributed by atoms with Gasteiger partial charge in [-0.3, -0.25) is 4.39 Å². The molecule has 1 saturated carbocycles. The lowest BCUT2D eigenvalue weighted by atomic mass is 9.78. The normalized spacial score (nSPS) is 22.0. The minimum atomic E-state index is -3.02. The smallest absolute Gasteiger partial charge is 0.387 e. The standard InChI is InChI=1S/C18H22F4O/c19-11-3-1-2-4-13-5-7-14(8-6-13)15-9-10-17(16(20)12-15)23-18(21)22/h2,4,9-10,12-14,18H,1,3,5-8,11H2. The van der Waals surface area contributed by atoms with Gasteiger partial charge >= 0.3 is 6.61 Å². The molecule has 0 atom stereocenters. The van der Waals surface area contributed by atoms with Crippen molar-refractivity contribution in [1.29, 1.82) is 0 Å². The zero-order valence-corrected chi connectivity index (χ0v) is 13.0. The maximum absolute atomic E-state index is 13.8. The van der Waals surface area contributed by atoms with Crippen LogP contribution in [0.1, 0.15) is 50.0 Å². The molecule has 1 aliphatic rings. The van der Waals surface area contributed by atoms with Crippen LogP contribution in [0, 0.1) is 11.7 Å². The minimum Gasteiger partial charge on any atom is -0.432 e. The van der Waals surface area contributed by atoms with Crippen LogP contribution in [0.25, 0.3) is 0 Å². The highest BCUT2D eigenvalue weighted by Crippen LogP contribution is 2.37. The van der Waals surface area contributed by atoms with E-state index in [1.54, 1.807) is 6.07 Å². The highest BCUT2D eigenvalue weighted by Gasteiger charge is 2.22. The Morgan fingerprint density at radius 2 is 1.91 bits per heavy atom. The predicted octanol–water partition coefficient (Wildman–Crippen LogP) is 6.01. The van der Waals surface area contributed by atoms with Crippen LogP contribution in [-0.4, -0.2) is 13.3 Å². The van der Waals surface area contributed by atoms with Gasteiger partial charge in [-0.05, 0) is 68.1 Å². The van der Waals surface area contributed by atoms with E-state index in [4.69, 9.17) is 0 Å². The maximum Gasteiger partial charge on any atom is 0.387 e. The zero-order valence-electron chi connectivity index (χ0n) is 13.0. The fraction of sp³-hybridized carbons (Fsp3) is 0.556. The van der Waals surface area contributed by atoms with Crippen molar-refractivity contribution in [3.8, 4) is 5.75 Å². The van der Waals surface area contributed by atoms with E-state index in [9.17, 15) is 17.6 Å². The van der Waals surface area contributed by atoms with Gasteiger partial charge in [0.2, 0.25) is 0 Å². The Bertz CT molecular complexity index is 508. The molecule has 0 saturated heterocycles. The van der Waals surface area contributed by atoms with Gasteiger partial charge in [0.25, 0.3) is 0 Å². The van der Waals surface area contributed by atoms with Crippen molar-refractivity contribution >= 4 is 0 Å². The Labute approximate surface area is 134 Å². The summed E-state index contributed by atoms with van der Waals surface area (Å²) in [5, 5.41) is 0. The highest BCUT2D eigenvalue weighted by molar-refractivity contribution is 5.31. The topological polar surface area (TPSA) is 9.23 Å². The van der Waals surface area contributed by atoms with Crippen LogP contribution < -0.4 is 4.74 Å². The molecular formula is C18H22F4O. The third kappa shape index (κ3) is 5.56. The van der Waals surface area contributed by atoms with E-state index in [0.717, 1.165) is 37.7 Å². The van der Waals surface area contributed by atoms with Crippen LogP contribution in [-0.2, 0) is 0 Å². The molecule has 1 fully saturated rings. The van der Waals surface area contributed by atoms with E-state index in [1.165, 1.54) is 12.1 Å². The van der Waals surface area contributed by atoms with Crippen molar-refractivity contribution in [1.82, 2.24) is 0 Å². The van der Waals surface area contributed by atoms with E-state index < -0.39 is 18.2 Å². The summed E-state index contributed by atoms with van der Waals surface area (Å²) < 4.78 is 54.2. The molecule has 128 valence electrons. The number of halogens is 4. The third-order valence-corrected chi connectivity index (χ3v) is 4.33. The van der Waals surface area contributed by atoms with Crippen molar-refractivity contribution in [2.45, 2.75) is 51.1 Å². The molecule has 0 amide bonds. The van der Waals surface area contributed by atoms with Gasteiger partial charge in [-0.2, -0.15) is 8.78 Å². The number of hydrogen-bond acceptors (Lipinski definition) is 1. The van der Waals surface area contributed by atoms with Crippen molar-refractivity contribution in [3.63, 3.8) is 0 Å². The first kappa shape index (κ1) is 17.8. The van der Waals surface area contributed by atoms with Gasteiger partial charge in [-0.25, -0.2) is 4.39 Å². The molecule has 5 heteroatoms. The van der Waals surface area contributed by atoms with E-state index >= 15 is 0 Å². The molecule has 0 N–H and O–H groups in total. The van der Waals surface area contributed by atoms with Crippen LogP contribution in [0.5, 0.6) is 5.75 Å². The summed E-state index contributed by atoms with van der Waals surface area (Å²) in [7, 11) is 0. The zero-order chi connectivity index (χ0) is 16.7. The fourth-order valence-electron chi connectivity index (χ4n) is 3.09. The van der Waals surface area contributed by atoms with Gasteiger partial charge in [-0.1, -0.05) is 18.2 Å². The minimum absolute atomic E-state index is 0.251. The monoisotopic (exact) mass is 330 g/mol. The quantitative estimate of drug-likeness (QED) is 0.338. The average Bonchev–Trinajstić information content (AvgIpc) is 2.54. The predicted molar refractivity (Wildman–Crippen MR) is 82.1 cm³/mol. The molecule has 0 aliphatic heterocycles. The van der Waals surface area contributed by atoms with Crippen LogP contribution in [0.2, 0.25) is 0 Å². The van der Waals surface area contributed by atoms with Crippen molar-refractivity contribution in [3.05, 3.63) is 41.7 Å². The van der Waals surface area contributed by atoms with Crippen LogP contribution in [0.15, 0.2) is 30.4 Å². The number of benzene rings is 1. The lowest BCUT2D eigenvalue weighted by molar-refractivity contribution is -0.0522. The number of alkyl halides is 3. The highest BCUT2D eigenvalue weighted by atomic mass is 19.3. The molecule has 2 rings (SSSR count). The summed E-state index contributed by atoms with van der Waals surface area (Å²) in [4.78, 5) is 0. The number of rotatable bonds is 7. The van der Waals surface area contributed by atoms with Crippen LogP contribution in [0.3, 0.4) is 0 Å². The second kappa shape index (κ2) is 8.94. The number of hydrogen-bond donors (Lipinski definition) is 0. The fourth-order valence-corrected chi connectivity index (χ4v) is 3.09. The van der Waals surface area contributed by atoms with Gasteiger partial charge in [0, 0.05) is 0 Å². The van der Waals surface area contributed by atoms with Crippen LogP contribution >= 0.6 is 0 Å². The van der Waals surface area contributed by atoms with E-state index in [-0.39, 0.29) is 12.6 Å². The summed E-state index contributed by atoms with van der Waals surface area (Å²) in [6.07, 6.45) is 9.43. The number of allylic oxidation sites excluding steroid dienone is 2. The largest absolute Gasteiger partial charge is 0.432 e. The molecule has 1 nitrogen and oxygen atoms in total. The third-order valence-electron chi connectivity index (χ3n) is 4.33. The first-order valence-electron chi connectivity index (χ1n) is 8.07. The Hall–Kier alpha value is -1.52. The molecule has 0 bridgehead atoms. The summed E-state index contributed by atoms with van der Waals surface area (Å²) in [6, 6.07) is 4.25. The molecule has 0 radical (unpaired) electrons. The van der Waals surface area contributed by atoms with Gasteiger partial charge in [0.1, 0.15) is 0 Å². The lowest BCUT2D eigenvalue weighted by Crippen LogP contribution is -2.12. The summed E-state index contributed by atoms with van der Waals surface area (Å²) in [5.41, 5.74) is 0.837. The van der Waals surface area contributed by atoms with E-state index in [0.29, 0.717) is 12.3 Å². The summed E-state index contributed by atoms with van der Waals surface area (Å²) in [6.45, 7) is -3.30. The molecule has 1 aromatic rings. The van der Waals surface area contributed by atoms with Gasteiger partial charge in [0.05, 0.1) is 6.67 Å². The number of unbranched alkanes of at least 4 members (excludes halogenated alkanes) is 1. The van der Waals surface area contributed by atoms with Gasteiger partial charge in [-0.15, -0.1) is 0 Å². The molecule has 1 aromatic carbocycles. The van der Waals surface area contributed by atoms with E-state index in [1.807, 2.05) is 6.08 Å². The second-order valence-electron chi connectivity index (χ2n) is 5.94. The van der Waals surface area contributed by atoms with Crippen molar-refractivity contribution in [2.24, 2.45) is 5.92 Å². The second-order valence-corrected chi connectivity index (χ2v) is 5.94.